The Bertz CT molecular complexity index is 650. The molecule has 0 spiro atoms. The van der Waals surface area contributed by atoms with E-state index in [1.54, 1.807) is 0 Å². The molecular weight excluding hydrogens is 316 g/mol. The molecule has 8 heteroatoms. The van der Waals surface area contributed by atoms with Crippen molar-refractivity contribution in [2.75, 3.05) is 62.6 Å². The SMILES string of the molecule is c1cnc(N2CCN(CCNC[C@@H]3CNc4ccnn4C3)CC2)nc1. The minimum Gasteiger partial charge on any atom is -0.370 e. The molecule has 0 radical (unpaired) electrons. The van der Waals surface area contributed by atoms with E-state index in [4.69, 9.17) is 0 Å². The number of hydrogen-bond donors (Lipinski definition) is 2. The summed E-state index contributed by atoms with van der Waals surface area (Å²) in [6.07, 6.45) is 5.48. The van der Waals surface area contributed by atoms with Crippen LogP contribution in [0.4, 0.5) is 11.8 Å². The van der Waals surface area contributed by atoms with E-state index in [-0.39, 0.29) is 0 Å². The van der Waals surface area contributed by atoms with Gasteiger partial charge in [-0.05, 0) is 6.07 Å². The van der Waals surface area contributed by atoms with Crippen molar-refractivity contribution in [3.05, 3.63) is 30.7 Å². The van der Waals surface area contributed by atoms with Gasteiger partial charge in [-0.25, -0.2) is 14.6 Å². The molecule has 1 atom stereocenters. The molecule has 2 aromatic rings. The lowest BCUT2D eigenvalue weighted by molar-refractivity contribution is 0.253. The second-order valence-corrected chi connectivity index (χ2v) is 6.73. The number of hydrogen-bond acceptors (Lipinski definition) is 7. The van der Waals surface area contributed by atoms with E-state index in [0.29, 0.717) is 5.92 Å². The smallest absolute Gasteiger partial charge is 0.225 e. The summed E-state index contributed by atoms with van der Waals surface area (Å²) in [6, 6.07) is 3.89. The summed E-state index contributed by atoms with van der Waals surface area (Å²) in [7, 11) is 0. The molecule has 0 unspecified atom stereocenters. The third-order valence-corrected chi connectivity index (χ3v) is 4.96. The summed E-state index contributed by atoms with van der Waals surface area (Å²) in [4.78, 5) is 13.4. The van der Waals surface area contributed by atoms with E-state index >= 15 is 0 Å². The zero-order chi connectivity index (χ0) is 16.9. The fourth-order valence-corrected chi connectivity index (χ4v) is 3.49. The Morgan fingerprint density at radius 3 is 2.80 bits per heavy atom. The summed E-state index contributed by atoms with van der Waals surface area (Å²) >= 11 is 0. The number of nitrogens with one attached hydrogen (secondary N) is 2. The minimum absolute atomic E-state index is 0.597. The topological polar surface area (TPSA) is 74.1 Å². The number of aromatic nitrogens is 4. The molecule has 1 fully saturated rings. The van der Waals surface area contributed by atoms with Crippen LogP contribution in [0.5, 0.6) is 0 Å². The molecule has 2 aromatic heterocycles. The maximum absolute atomic E-state index is 4.34. The van der Waals surface area contributed by atoms with E-state index in [2.05, 4.69) is 40.2 Å². The maximum atomic E-state index is 4.34. The van der Waals surface area contributed by atoms with Gasteiger partial charge in [0.25, 0.3) is 0 Å². The van der Waals surface area contributed by atoms with Crippen molar-refractivity contribution in [1.82, 2.24) is 30.0 Å². The third kappa shape index (κ3) is 4.08. The summed E-state index contributed by atoms with van der Waals surface area (Å²) < 4.78 is 2.06. The van der Waals surface area contributed by atoms with Crippen molar-refractivity contribution in [2.45, 2.75) is 6.54 Å². The fraction of sp³-hybridized carbons (Fsp3) is 0.588. The van der Waals surface area contributed by atoms with Gasteiger partial charge in [-0.3, -0.25) is 4.90 Å². The lowest BCUT2D eigenvalue weighted by Gasteiger charge is -2.34. The number of anilines is 2. The highest BCUT2D eigenvalue weighted by Gasteiger charge is 2.19. The van der Waals surface area contributed by atoms with Crippen LogP contribution in [0.15, 0.2) is 30.7 Å². The molecule has 4 heterocycles. The van der Waals surface area contributed by atoms with Crippen LogP contribution in [0, 0.1) is 5.92 Å². The van der Waals surface area contributed by atoms with Crippen LogP contribution >= 0.6 is 0 Å². The molecule has 8 nitrogen and oxygen atoms in total. The summed E-state index contributed by atoms with van der Waals surface area (Å²) in [6.45, 7) is 9.32. The van der Waals surface area contributed by atoms with Crippen LogP contribution in [0.3, 0.4) is 0 Å². The molecule has 0 aromatic carbocycles. The van der Waals surface area contributed by atoms with Gasteiger partial charge in [0.15, 0.2) is 0 Å². The molecule has 2 aliphatic rings. The predicted molar refractivity (Wildman–Crippen MR) is 97.8 cm³/mol. The zero-order valence-corrected chi connectivity index (χ0v) is 14.5. The Morgan fingerprint density at radius 1 is 1.12 bits per heavy atom. The maximum Gasteiger partial charge on any atom is 0.225 e. The lowest BCUT2D eigenvalue weighted by Crippen LogP contribution is -2.49. The molecule has 25 heavy (non-hydrogen) atoms. The first-order valence-corrected chi connectivity index (χ1v) is 9.09. The Labute approximate surface area is 148 Å². The molecule has 2 aliphatic heterocycles. The van der Waals surface area contributed by atoms with Crippen molar-refractivity contribution in [3.63, 3.8) is 0 Å². The normalized spacial score (nSPS) is 21.0. The Morgan fingerprint density at radius 2 is 1.96 bits per heavy atom. The second-order valence-electron chi connectivity index (χ2n) is 6.73. The first-order valence-electron chi connectivity index (χ1n) is 9.09. The van der Waals surface area contributed by atoms with Crippen LogP contribution in [0.1, 0.15) is 0 Å². The number of piperazine rings is 1. The van der Waals surface area contributed by atoms with Gasteiger partial charge < -0.3 is 15.5 Å². The molecular formula is C17H26N8. The van der Waals surface area contributed by atoms with Crippen LogP contribution in [0.2, 0.25) is 0 Å². The van der Waals surface area contributed by atoms with Crippen LogP contribution in [-0.4, -0.2) is 77.0 Å². The summed E-state index contributed by atoms with van der Waals surface area (Å²) in [5.41, 5.74) is 0. The highest BCUT2D eigenvalue weighted by atomic mass is 15.3. The lowest BCUT2D eigenvalue weighted by atomic mass is 10.1. The van der Waals surface area contributed by atoms with Gasteiger partial charge in [0.2, 0.25) is 5.95 Å². The van der Waals surface area contributed by atoms with Crippen molar-refractivity contribution in [2.24, 2.45) is 5.92 Å². The van der Waals surface area contributed by atoms with E-state index < -0.39 is 0 Å². The fourth-order valence-electron chi connectivity index (χ4n) is 3.49. The van der Waals surface area contributed by atoms with Gasteiger partial charge >= 0.3 is 0 Å². The predicted octanol–water partition coefficient (Wildman–Crippen LogP) is 0.127. The van der Waals surface area contributed by atoms with Gasteiger partial charge in [0, 0.05) is 83.3 Å². The Hall–Kier alpha value is -2.19. The molecule has 0 saturated carbocycles. The molecule has 0 aliphatic carbocycles. The number of rotatable bonds is 6. The third-order valence-electron chi connectivity index (χ3n) is 4.96. The molecule has 1 saturated heterocycles. The molecule has 134 valence electrons. The van der Waals surface area contributed by atoms with E-state index in [9.17, 15) is 0 Å². The largest absolute Gasteiger partial charge is 0.370 e. The van der Waals surface area contributed by atoms with Crippen molar-refractivity contribution in [3.8, 4) is 0 Å². The number of fused-ring (bicyclic) bond motifs is 1. The number of nitrogens with zero attached hydrogens (tertiary/aromatic N) is 6. The van der Waals surface area contributed by atoms with Crippen molar-refractivity contribution < 1.29 is 0 Å². The molecule has 0 bridgehead atoms. The highest BCUT2D eigenvalue weighted by molar-refractivity contribution is 5.35. The average Bonchev–Trinajstić information content (AvgIpc) is 3.14. The van der Waals surface area contributed by atoms with Crippen LogP contribution < -0.4 is 15.5 Å². The second kappa shape index (κ2) is 7.79. The van der Waals surface area contributed by atoms with Crippen molar-refractivity contribution >= 4 is 11.8 Å². The molecule has 0 amide bonds. The monoisotopic (exact) mass is 342 g/mol. The quantitative estimate of drug-likeness (QED) is 0.723. The van der Waals surface area contributed by atoms with E-state index in [1.807, 2.05) is 30.7 Å². The zero-order valence-electron chi connectivity index (χ0n) is 14.5. The van der Waals surface area contributed by atoms with Gasteiger partial charge in [-0.2, -0.15) is 5.10 Å². The van der Waals surface area contributed by atoms with Gasteiger partial charge in [0.1, 0.15) is 5.82 Å². The van der Waals surface area contributed by atoms with Gasteiger partial charge in [0.05, 0.1) is 6.20 Å². The minimum atomic E-state index is 0.597. The highest BCUT2D eigenvalue weighted by Crippen LogP contribution is 2.15. The standard InChI is InChI=1S/C17H26N8/c1-3-19-17(20-4-1)24-10-8-23(9-11-24)7-6-18-12-15-13-21-16-2-5-22-25(16)14-15/h1-5,15,18,21H,6-14H2/t15-/m1/s1. The van der Waals surface area contributed by atoms with Gasteiger partial charge in [-0.15, -0.1) is 0 Å². The van der Waals surface area contributed by atoms with Crippen molar-refractivity contribution in [1.29, 1.82) is 0 Å². The van der Waals surface area contributed by atoms with E-state index in [1.165, 1.54) is 0 Å². The molecule has 4 rings (SSSR count). The average molecular weight is 342 g/mol. The Kier molecular flexibility index (Phi) is 5.08. The van der Waals surface area contributed by atoms with Crippen LogP contribution in [0.25, 0.3) is 0 Å². The summed E-state index contributed by atoms with van der Waals surface area (Å²) in [5.74, 6) is 2.58. The van der Waals surface area contributed by atoms with Gasteiger partial charge in [-0.1, -0.05) is 0 Å². The first kappa shape index (κ1) is 16.3. The first-order chi connectivity index (χ1) is 12.4. The van der Waals surface area contributed by atoms with E-state index in [0.717, 1.165) is 70.7 Å². The Balaban J connectivity index is 1.13. The summed E-state index contributed by atoms with van der Waals surface area (Å²) in [5, 5.41) is 11.4. The molecule has 2 N–H and O–H groups in total. The van der Waals surface area contributed by atoms with Crippen LogP contribution in [-0.2, 0) is 6.54 Å².